The van der Waals surface area contributed by atoms with Gasteiger partial charge < -0.3 is 0 Å². The predicted octanol–water partition coefficient (Wildman–Crippen LogP) is 2.90. The Kier molecular flexibility index (Phi) is 3.73. The largest absolute Gasteiger partial charge is 0.292 e. The molecule has 0 aliphatic carbocycles. The lowest BCUT2D eigenvalue weighted by Gasteiger charge is -2.21. The van der Waals surface area contributed by atoms with Gasteiger partial charge in [0, 0.05) is 19.4 Å². The van der Waals surface area contributed by atoms with Gasteiger partial charge in [-0.25, -0.2) is 0 Å². The molecule has 112 valence electrons. The summed E-state index contributed by atoms with van der Waals surface area (Å²) in [5, 5.41) is 6.13. The standard InChI is InChI=1S/C16H15ClN4O/c1-12-5-7-13(8-6-12)21-16(22)15(17)14(11-18-21)19(2)20-9-3-4-10-20/h3-11H,1-2H3. The number of hydrogen-bond donors (Lipinski definition) is 0. The fourth-order valence-electron chi connectivity index (χ4n) is 2.17. The average molecular weight is 315 g/mol. The minimum Gasteiger partial charge on any atom is -0.282 e. The molecular weight excluding hydrogens is 300 g/mol. The van der Waals surface area contributed by atoms with Crippen molar-refractivity contribution in [1.29, 1.82) is 0 Å². The third-order valence-corrected chi connectivity index (χ3v) is 3.82. The summed E-state index contributed by atoms with van der Waals surface area (Å²) in [6.07, 6.45) is 5.31. The first-order valence-electron chi connectivity index (χ1n) is 6.80. The van der Waals surface area contributed by atoms with Crippen LogP contribution >= 0.6 is 11.6 Å². The highest BCUT2D eigenvalue weighted by atomic mass is 35.5. The Labute approximate surface area is 133 Å². The molecule has 0 atom stereocenters. The Morgan fingerprint density at radius 3 is 2.41 bits per heavy atom. The van der Waals surface area contributed by atoms with E-state index in [1.165, 1.54) is 4.68 Å². The van der Waals surface area contributed by atoms with Crippen molar-refractivity contribution in [1.82, 2.24) is 14.5 Å². The van der Waals surface area contributed by atoms with Crippen LogP contribution in [0.4, 0.5) is 5.69 Å². The summed E-state index contributed by atoms with van der Waals surface area (Å²) < 4.78 is 3.12. The van der Waals surface area contributed by atoms with E-state index in [0.717, 1.165) is 5.56 Å². The number of aromatic nitrogens is 3. The SMILES string of the molecule is Cc1ccc(-n2ncc(N(C)n3cccc3)c(Cl)c2=O)cc1. The van der Waals surface area contributed by atoms with Gasteiger partial charge in [0.15, 0.2) is 0 Å². The fraction of sp³-hybridized carbons (Fsp3) is 0.125. The van der Waals surface area contributed by atoms with Gasteiger partial charge in [0.25, 0.3) is 5.56 Å². The van der Waals surface area contributed by atoms with Gasteiger partial charge in [-0.2, -0.15) is 9.78 Å². The van der Waals surface area contributed by atoms with Crippen LogP contribution in [-0.2, 0) is 0 Å². The van der Waals surface area contributed by atoms with E-state index >= 15 is 0 Å². The first-order chi connectivity index (χ1) is 10.6. The van der Waals surface area contributed by atoms with Crippen molar-refractivity contribution in [3.8, 4) is 5.69 Å². The quantitative estimate of drug-likeness (QED) is 0.746. The molecule has 0 N–H and O–H groups in total. The summed E-state index contributed by atoms with van der Waals surface area (Å²) in [5.74, 6) is 0. The lowest BCUT2D eigenvalue weighted by atomic mass is 10.2. The van der Waals surface area contributed by atoms with Gasteiger partial charge in [-0.15, -0.1) is 0 Å². The van der Waals surface area contributed by atoms with Crippen LogP contribution in [0.1, 0.15) is 5.56 Å². The van der Waals surface area contributed by atoms with Crippen molar-refractivity contribution >= 4 is 17.3 Å². The Bertz CT molecular complexity index is 838. The summed E-state index contributed by atoms with van der Waals surface area (Å²) in [7, 11) is 1.82. The Morgan fingerprint density at radius 2 is 1.77 bits per heavy atom. The maximum atomic E-state index is 12.5. The first kappa shape index (κ1) is 14.4. The second-order valence-electron chi connectivity index (χ2n) is 4.98. The molecule has 3 aromatic rings. The average Bonchev–Trinajstić information content (AvgIpc) is 3.05. The summed E-state index contributed by atoms with van der Waals surface area (Å²) in [5.41, 5.74) is 2.01. The van der Waals surface area contributed by atoms with Gasteiger partial charge in [-0.3, -0.25) is 14.5 Å². The van der Waals surface area contributed by atoms with Crippen molar-refractivity contribution < 1.29 is 0 Å². The van der Waals surface area contributed by atoms with E-state index in [2.05, 4.69) is 5.10 Å². The van der Waals surface area contributed by atoms with Crippen molar-refractivity contribution in [2.45, 2.75) is 6.92 Å². The first-order valence-corrected chi connectivity index (χ1v) is 7.17. The molecule has 0 aliphatic heterocycles. The van der Waals surface area contributed by atoms with Crippen molar-refractivity contribution in [3.63, 3.8) is 0 Å². The summed E-state index contributed by atoms with van der Waals surface area (Å²) in [4.78, 5) is 12.5. The van der Waals surface area contributed by atoms with E-state index in [0.29, 0.717) is 11.4 Å². The molecule has 0 bridgehead atoms. The fourth-order valence-corrected chi connectivity index (χ4v) is 2.42. The highest BCUT2D eigenvalue weighted by Crippen LogP contribution is 2.21. The predicted molar refractivity (Wildman–Crippen MR) is 87.8 cm³/mol. The van der Waals surface area contributed by atoms with Crippen LogP contribution in [0.2, 0.25) is 5.02 Å². The topological polar surface area (TPSA) is 43.1 Å². The maximum Gasteiger partial charge on any atom is 0.292 e. The minimum atomic E-state index is -0.345. The molecule has 1 aromatic carbocycles. The number of rotatable bonds is 3. The van der Waals surface area contributed by atoms with Crippen LogP contribution in [0.5, 0.6) is 0 Å². The van der Waals surface area contributed by atoms with E-state index in [-0.39, 0.29) is 10.6 Å². The molecule has 0 saturated heterocycles. The lowest BCUT2D eigenvalue weighted by Crippen LogP contribution is -2.28. The monoisotopic (exact) mass is 314 g/mol. The molecule has 5 nitrogen and oxygen atoms in total. The number of benzene rings is 1. The Balaban J connectivity index is 2.05. The molecular formula is C16H15ClN4O. The van der Waals surface area contributed by atoms with E-state index in [4.69, 9.17) is 11.6 Å². The zero-order valence-corrected chi connectivity index (χ0v) is 13.0. The molecule has 0 saturated carbocycles. The summed E-state index contributed by atoms with van der Waals surface area (Å²) in [6.45, 7) is 1.99. The molecule has 2 heterocycles. The number of hydrogen-bond acceptors (Lipinski definition) is 3. The van der Waals surface area contributed by atoms with Gasteiger partial charge in [0.2, 0.25) is 0 Å². The number of nitrogens with zero attached hydrogens (tertiary/aromatic N) is 4. The second kappa shape index (κ2) is 5.69. The second-order valence-corrected chi connectivity index (χ2v) is 5.36. The Morgan fingerprint density at radius 1 is 1.14 bits per heavy atom. The smallest absolute Gasteiger partial charge is 0.282 e. The van der Waals surface area contributed by atoms with Crippen LogP contribution in [0, 0.1) is 6.92 Å². The highest BCUT2D eigenvalue weighted by Gasteiger charge is 2.14. The van der Waals surface area contributed by atoms with E-state index < -0.39 is 0 Å². The van der Waals surface area contributed by atoms with Gasteiger partial charge in [0.1, 0.15) is 10.7 Å². The van der Waals surface area contributed by atoms with Crippen LogP contribution in [0.25, 0.3) is 5.69 Å². The van der Waals surface area contributed by atoms with Crippen LogP contribution in [-0.4, -0.2) is 21.5 Å². The van der Waals surface area contributed by atoms with Crippen LogP contribution in [0.3, 0.4) is 0 Å². The zero-order valence-electron chi connectivity index (χ0n) is 12.3. The van der Waals surface area contributed by atoms with Gasteiger partial charge >= 0.3 is 0 Å². The van der Waals surface area contributed by atoms with Crippen LogP contribution in [0.15, 0.2) is 59.8 Å². The summed E-state index contributed by atoms with van der Waals surface area (Å²) in [6, 6.07) is 11.3. The van der Waals surface area contributed by atoms with Gasteiger partial charge in [-0.1, -0.05) is 29.3 Å². The summed E-state index contributed by atoms with van der Waals surface area (Å²) >= 11 is 6.26. The molecule has 3 rings (SSSR count). The normalized spacial score (nSPS) is 10.7. The lowest BCUT2D eigenvalue weighted by molar-refractivity contribution is 0.752. The van der Waals surface area contributed by atoms with E-state index in [1.807, 2.05) is 67.4 Å². The molecule has 2 aromatic heterocycles. The van der Waals surface area contributed by atoms with Crippen molar-refractivity contribution in [2.75, 3.05) is 12.1 Å². The van der Waals surface area contributed by atoms with E-state index in [1.54, 1.807) is 11.2 Å². The number of anilines is 1. The molecule has 0 amide bonds. The third kappa shape index (κ3) is 2.51. The highest BCUT2D eigenvalue weighted by molar-refractivity contribution is 6.33. The van der Waals surface area contributed by atoms with Crippen molar-refractivity contribution in [3.05, 3.63) is 75.9 Å². The minimum absolute atomic E-state index is 0.131. The number of aryl methyl sites for hydroxylation is 1. The Hall–Kier alpha value is -2.53. The maximum absolute atomic E-state index is 12.5. The molecule has 6 heteroatoms. The molecule has 0 spiro atoms. The van der Waals surface area contributed by atoms with Crippen LogP contribution < -0.4 is 10.6 Å². The molecule has 0 aliphatic rings. The van der Waals surface area contributed by atoms with Gasteiger partial charge in [0.05, 0.1) is 11.9 Å². The molecule has 22 heavy (non-hydrogen) atoms. The van der Waals surface area contributed by atoms with E-state index in [9.17, 15) is 4.79 Å². The van der Waals surface area contributed by atoms with Crippen molar-refractivity contribution in [2.24, 2.45) is 0 Å². The van der Waals surface area contributed by atoms with Gasteiger partial charge in [-0.05, 0) is 31.2 Å². The molecule has 0 radical (unpaired) electrons. The molecule has 0 fully saturated rings. The zero-order chi connectivity index (χ0) is 15.7. The third-order valence-electron chi connectivity index (χ3n) is 3.46. The number of halogens is 1. The molecule has 0 unspecified atom stereocenters.